The molecule has 0 spiro atoms. The first-order valence-corrected chi connectivity index (χ1v) is 11.5. The van der Waals surface area contributed by atoms with Crippen molar-refractivity contribution in [2.24, 2.45) is 0 Å². The Balaban J connectivity index is 1.59. The number of carboxylic acids is 1. The molecule has 0 aromatic heterocycles. The van der Waals surface area contributed by atoms with Crippen molar-refractivity contribution in [2.45, 2.75) is 18.4 Å². The minimum absolute atomic E-state index is 0.0828. The predicted octanol–water partition coefficient (Wildman–Crippen LogP) is 3.40. The quantitative estimate of drug-likeness (QED) is 0.355. The van der Waals surface area contributed by atoms with Gasteiger partial charge in [0.05, 0.1) is 6.42 Å². The zero-order valence-corrected chi connectivity index (χ0v) is 18.4. The summed E-state index contributed by atoms with van der Waals surface area (Å²) < 4.78 is 5.42. The fourth-order valence-electron chi connectivity index (χ4n) is 3.70. The van der Waals surface area contributed by atoms with Crippen LogP contribution in [0.2, 0.25) is 0 Å². The van der Waals surface area contributed by atoms with E-state index >= 15 is 0 Å². The third kappa shape index (κ3) is 5.91. The van der Waals surface area contributed by atoms with E-state index in [0.717, 1.165) is 28.0 Å². The number of amides is 2. The Kier molecular flexibility index (Phi) is 8.33. The number of benzene rings is 2. The Morgan fingerprint density at radius 3 is 2.31 bits per heavy atom. The van der Waals surface area contributed by atoms with E-state index in [1.54, 1.807) is 17.8 Å². The molecule has 0 fully saturated rings. The van der Waals surface area contributed by atoms with Gasteiger partial charge in [-0.15, -0.1) is 6.58 Å². The second kappa shape index (κ2) is 11.4. The molecular formula is C24H26N2O5S. The molecule has 2 amide bonds. The van der Waals surface area contributed by atoms with E-state index in [4.69, 9.17) is 9.84 Å². The van der Waals surface area contributed by atoms with Gasteiger partial charge in [0.25, 0.3) is 0 Å². The topological polar surface area (TPSA) is 105 Å². The van der Waals surface area contributed by atoms with Crippen molar-refractivity contribution in [3.05, 3.63) is 72.3 Å². The van der Waals surface area contributed by atoms with Crippen molar-refractivity contribution in [1.82, 2.24) is 10.6 Å². The summed E-state index contributed by atoms with van der Waals surface area (Å²) in [5, 5.41) is 14.2. The van der Waals surface area contributed by atoms with Gasteiger partial charge >= 0.3 is 12.1 Å². The van der Waals surface area contributed by atoms with Gasteiger partial charge < -0.3 is 20.5 Å². The number of hydrogen-bond acceptors (Lipinski definition) is 5. The summed E-state index contributed by atoms with van der Waals surface area (Å²) in [5.41, 5.74) is 4.35. The van der Waals surface area contributed by atoms with E-state index in [1.165, 1.54) is 0 Å². The lowest BCUT2D eigenvalue weighted by molar-refractivity contribution is -0.139. The van der Waals surface area contributed by atoms with Gasteiger partial charge in [-0.2, -0.15) is 11.8 Å². The molecule has 3 N–H and O–H groups in total. The first kappa shape index (κ1) is 23.4. The zero-order valence-electron chi connectivity index (χ0n) is 17.6. The molecule has 3 rings (SSSR count). The number of thioether (sulfide) groups is 1. The second-order valence-corrected chi connectivity index (χ2v) is 8.42. The number of nitrogens with one attached hydrogen (secondary N) is 2. The Bertz CT molecular complexity index is 948. The Morgan fingerprint density at radius 2 is 1.72 bits per heavy atom. The summed E-state index contributed by atoms with van der Waals surface area (Å²) in [6, 6.07) is 14.7. The summed E-state index contributed by atoms with van der Waals surface area (Å²) in [5.74, 6) is -0.457. The minimum atomic E-state index is -1.22. The number of carbonyl (C=O) groups is 3. The van der Waals surface area contributed by atoms with Gasteiger partial charge in [0.1, 0.15) is 12.6 Å². The average Bonchev–Trinajstić information content (AvgIpc) is 3.10. The maximum atomic E-state index is 12.4. The SMILES string of the molecule is C=CCSCCNC(=O)C(CC(=O)O)NC(=O)OCC1c2ccccc2-c2ccccc21. The number of carboxylic acid groups (broad SMARTS) is 1. The summed E-state index contributed by atoms with van der Waals surface area (Å²) in [7, 11) is 0. The monoisotopic (exact) mass is 454 g/mol. The second-order valence-electron chi connectivity index (χ2n) is 7.27. The summed E-state index contributed by atoms with van der Waals surface area (Å²) in [6.45, 7) is 4.07. The van der Waals surface area contributed by atoms with Gasteiger partial charge in [-0.25, -0.2) is 4.79 Å². The third-order valence-corrected chi connectivity index (χ3v) is 6.08. The number of carbonyl (C=O) groups excluding carboxylic acids is 2. The summed E-state index contributed by atoms with van der Waals surface area (Å²) in [6.07, 6.45) is 0.406. The highest BCUT2D eigenvalue weighted by molar-refractivity contribution is 7.99. The molecule has 0 bridgehead atoms. The molecule has 7 nitrogen and oxygen atoms in total. The number of hydrogen-bond donors (Lipinski definition) is 3. The van der Waals surface area contributed by atoms with Crippen molar-refractivity contribution >= 4 is 29.7 Å². The van der Waals surface area contributed by atoms with Gasteiger partial charge in [-0.3, -0.25) is 9.59 Å². The largest absolute Gasteiger partial charge is 0.481 e. The number of ether oxygens (including phenoxy) is 1. The van der Waals surface area contributed by atoms with Crippen molar-refractivity contribution < 1.29 is 24.2 Å². The molecule has 2 aromatic carbocycles. The number of alkyl carbamates (subject to hydrolysis) is 1. The normalized spacial score (nSPS) is 12.9. The molecule has 1 unspecified atom stereocenters. The van der Waals surface area contributed by atoms with Crippen LogP contribution in [0.3, 0.4) is 0 Å². The first-order chi connectivity index (χ1) is 15.5. The molecule has 0 aliphatic heterocycles. The lowest BCUT2D eigenvalue weighted by Crippen LogP contribution is -2.48. The summed E-state index contributed by atoms with van der Waals surface area (Å²) in [4.78, 5) is 35.9. The molecule has 32 heavy (non-hydrogen) atoms. The average molecular weight is 455 g/mol. The van der Waals surface area contributed by atoms with E-state index in [0.29, 0.717) is 12.3 Å². The molecule has 168 valence electrons. The molecule has 0 saturated carbocycles. The maximum absolute atomic E-state index is 12.4. The van der Waals surface area contributed by atoms with Gasteiger partial charge in [-0.05, 0) is 22.3 Å². The van der Waals surface area contributed by atoms with Crippen LogP contribution in [-0.4, -0.2) is 53.8 Å². The van der Waals surface area contributed by atoms with Crippen molar-refractivity contribution in [1.29, 1.82) is 0 Å². The number of aliphatic carboxylic acids is 1. The van der Waals surface area contributed by atoms with Crippen LogP contribution < -0.4 is 10.6 Å². The van der Waals surface area contributed by atoms with E-state index < -0.39 is 30.4 Å². The van der Waals surface area contributed by atoms with Crippen LogP contribution in [0, 0.1) is 0 Å². The molecule has 1 atom stereocenters. The van der Waals surface area contributed by atoms with E-state index in [2.05, 4.69) is 17.2 Å². The number of rotatable bonds is 11. The number of fused-ring (bicyclic) bond motifs is 3. The predicted molar refractivity (Wildman–Crippen MR) is 125 cm³/mol. The Labute approximate surface area is 191 Å². The van der Waals surface area contributed by atoms with E-state index in [9.17, 15) is 14.4 Å². The highest BCUT2D eigenvalue weighted by Gasteiger charge is 2.30. The van der Waals surface area contributed by atoms with Crippen molar-refractivity contribution in [2.75, 3.05) is 24.7 Å². The molecule has 0 saturated heterocycles. The Morgan fingerprint density at radius 1 is 1.09 bits per heavy atom. The van der Waals surface area contributed by atoms with Crippen LogP contribution in [0.4, 0.5) is 4.79 Å². The lowest BCUT2D eigenvalue weighted by Gasteiger charge is -2.18. The van der Waals surface area contributed by atoms with Crippen LogP contribution >= 0.6 is 11.8 Å². The molecule has 8 heteroatoms. The molecule has 0 heterocycles. The van der Waals surface area contributed by atoms with E-state index in [1.807, 2.05) is 48.5 Å². The zero-order chi connectivity index (χ0) is 22.9. The van der Waals surface area contributed by atoms with Crippen LogP contribution in [-0.2, 0) is 14.3 Å². The molecule has 0 radical (unpaired) electrons. The smallest absolute Gasteiger partial charge is 0.407 e. The fraction of sp³-hybridized carbons (Fsp3) is 0.292. The molecule has 2 aromatic rings. The van der Waals surface area contributed by atoms with Gasteiger partial charge in [0.15, 0.2) is 0 Å². The summed E-state index contributed by atoms with van der Waals surface area (Å²) >= 11 is 1.58. The van der Waals surface area contributed by atoms with Gasteiger partial charge in [-0.1, -0.05) is 54.6 Å². The first-order valence-electron chi connectivity index (χ1n) is 10.3. The van der Waals surface area contributed by atoms with Crippen LogP contribution in [0.1, 0.15) is 23.5 Å². The van der Waals surface area contributed by atoms with Crippen LogP contribution in [0.15, 0.2) is 61.2 Å². The highest BCUT2D eigenvalue weighted by Crippen LogP contribution is 2.44. The van der Waals surface area contributed by atoms with Crippen molar-refractivity contribution in [3.63, 3.8) is 0 Å². The van der Waals surface area contributed by atoms with E-state index in [-0.39, 0.29) is 12.5 Å². The Hall–Kier alpha value is -3.26. The van der Waals surface area contributed by atoms with Crippen molar-refractivity contribution in [3.8, 4) is 11.1 Å². The minimum Gasteiger partial charge on any atom is -0.481 e. The fourth-order valence-corrected chi connectivity index (χ4v) is 4.28. The third-order valence-electron chi connectivity index (χ3n) is 5.11. The highest BCUT2D eigenvalue weighted by atomic mass is 32.2. The molecule has 1 aliphatic rings. The maximum Gasteiger partial charge on any atom is 0.407 e. The van der Waals surface area contributed by atoms with Gasteiger partial charge in [0.2, 0.25) is 5.91 Å². The van der Waals surface area contributed by atoms with Crippen LogP contribution in [0.25, 0.3) is 11.1 Å². The molecular weight excluding hydrogens is 428 g/mol. The van der Waals surface area contributed by atoms with Crippen LogP contribution in [0.5, 0.6) is 0 Å². The molecule has 1 aliphatic carbocycles. The standard InChI is InChI=1S/C24H26N2O5S/c1-2-12-32-13-11-25-23(29)21(14-22(27)28)26-24(30)31-15-20-18-9-5-3-7-16(18)17-8-4-6-10-19(17)20/h2-10,20-21H,1,11-15H2,(H,25,29)(H,26,30)(H,27,28). The van der Waals surface area contributed by atoms with Gasteiger partial charge in [0, 0.05) is 24.0 Å². The lowest BCUT2D eigenvalue weighted by atomic mass is 9.98.